The minimum atomic E-state index is 0.0441. The number of hydrogen-bond acceptors (Lipinski definition) is 3. The Labute approximate surface area is 120 Å². The second-order valence-electron chi connectivity index (χ2n) is 5.22. The molecule has 2 N–H and O–H groups in total. The molecule has 110 valence electrons. The summed E-state index contributed by atoms with van der Waals surface area (Å²) in [6, 6.07) is 5.40. The number of para-hydroxylation sites is 1. The fourth-order valence-corrected chi connectivity index (χ4v) is 2.65. The van der Waals surface area contributed by atoms with Crippen LogP contribution in [0.15, 0.2) is 18.2 Å². The number of amides is 1. The molecular weight excluding hydrogens is 252 g/mol. The summed E-state index contributed by atoms with van der Waals surface area (Å²) in [4.78, 5) is 14.6. The minimum Gasteiger partial charge on any atom is -0.491 e. The number of benzene rings is 1. The summed E-state index contributed by atoms with van der Waals surface area (Å²) in [6.45, 7) is 4.07. The SMILES string of the molecule is CCOc1c(N)cccc1C(=O)N1CCCCCCC1. The lowest BCUT2D eigenvalue weighted by Gasteiger charge is -2.26. The van der Waals surface area contributed by atoms with Crippen molar-refractivity contribution in [3.8, 4) is 5.75 Å². The molecule has 4 heteroatoms. The van der Waals surface area contributed by atoms with E-state index < -0.39 is 0 Å². The quantitative estimate of drug-likeness (QED) is 0.863. The Morgan fingerprint density at radius 3 is 2.50 bits per heavy atom. The Hall–Kier alpha value is -1.71. The lowest BCUT2D eigenvalue weighted by molar-refractivity contribution is 0.0738. The molecule has 1 aliphatic heterocycles. The van der Waals surface area contributed by atoms with Crippen LogP contribution in [-0.4, -0.2) is 30.5 Å². The van der Waals surface area contributed by atoms with Crippen molar-refractivity contribution >= 4 is 11.6 Å². The van der Waals surface area contributed by atoms with Crippen LogP contribution in [0.1, 0.15) is 49.4 Å². The maximum atomic E-state index is 12.7. The first-order valence-corrected chi connectivity index (χ1v) is 7.54. The summed E-state index contributed by atoms with van der Waals surface area (Å²) < 4.78 is 5.56. The molecular formula is C16H24N2O2. The molecule has 1 amide bonds. The molecule has 1 saturated heterocycles. The van der Waals surface area contributed by atoms with Gasteiger partial charge in [-0.25, -0.2) is 0 Å². The predicted octanol–water partition coefficient (Wildman–Crippen LogP) is 3.07. The summed E-state index contributed by atoms with van der Waals surface area (Å²) >= 11 is 0. The van der Waals surface area contributed by atoms with Crippen LogP contribution in [0.2, 0.25) is 0 Å². The summed E-state index contributed by atoms with van der Waals surface area (Å²) in [5.41, 5.74) is 7.06. The van der Waals surface area contributed by atoms with Crippen LogP contribution in [0.5, 0.6) is 5.75 Å². The second-order valence-corrected chi connectivity index (χ2v) is 5.22. The first-order chi connectivity index (χ1) is 9.74. The van der Waals surface area contributed by atoms with E-state index in [1.807, 2.05) is 24.0 Å². The number of hydrogen-bond donors (Lipinski definition) is 1. The fourth-order valence-electron chi connectivity index (χ4n) is 2.65. The Morgan fingerprint density at radius 2 is 1.85 bits per heavy atom. The normalized spacial score (nSPS) is 16.4. The van der Waals surface area contributed by atoms with Crippen LogP contribution in [-0.2, 0) is 0 Å². The van der Waals surface area contributed by atoms with E-state index in [9.17, 15) is 4.79 Å². The van der Waals surface area contributed by atoms with E-state index >= 15 is 0 Å². The average molecular weight is 276 g/mol. The molecule has 0 aromatic heterocycles. The van der Waals surface area contributed by atoms with Gasteiger partial charge in [0.25, 0.3) is 5.91 Å². The van der Waals surface area contributed by atoms with Gasteiger partial charge in [0.2, 0.25) is 0 Å². The summed E-state index contributed by atoms with van der Waals surface area (Å²) in [5, 5.41) is 0. The third kappa shape index (κ3) is 3.44. The van der Waals surface area contributed by atoms with Gasteiger partial charge in [0.15, 0.2) is 5.75 Å². The smallest absolute Gasteiger partial charge is 0.257 e. The topological polar surface area (TPSA) is 55.6 Å². The molecule has 20 heavy (non-hydrogen) atoms. The van der Waals surface area contributed by atoms with Gasteiger partial charge in [-0.15, -0.1) is 0 Å². The molecule has 1 aromatic rings. The number of ether oxygens (including phenoxy) is 1. The Bertz CT molecular complexity index is 452. The largest absolute Gasteiger partial charge is 0.491 e. The lowest BCUT2D eigenvalue weighted by atomic mass is 10.1. The van der Waals surface area contributed by atoms with Crippen LogP contribution in [0.3, 0.4) is 0 Å². The Kier molecular flexibility index (Phi) is 5.27. The van der Waals surface area contributed by atoms with Gasteiger partial charge in [-0.2, -0.15) is 0 Å². The van der Waals surface area contributed by atoms with Gasteiger partial charge in [0, 0.05) is 13.1 Å². The molecule has 0 unspecified atom stereocenters. The summed E-state index contributed by atoms with van der Waals surface area (Å²) in [5.74, 6) is 0.574. The molecule has 1 aliphatic rings. The number of rotatable bonds is 3. The van der Waals surface area contributed by atoms with Gasteiger partial charge in [-0.1, -0.05) is 25.3 Å². The van der Waals surface area contributed by atoms with Gasteiger partial charge in [0.1, 0.15) is 0 Å². The van der Waals surface area contributed by atoms with E-state index in [0.29, 0.717) is 23.6 Å². The summed E-state index contributed by atoms with van der Waals surface area (Å²) in [6.07, 6.45) is 5.86. The Morgan fingerprint density at radius 1 is 1.20 bits per heavy atom. The minimum absolute atomic E-state index is 0.0441. The van der Waals surface area contributed by atoms with Crippen LogP contribution < -0.4 is 10.5 Å². The fraction of sp³-hybridized carbons (Fsp3) is 0.562. The van der Waals surface area contributed by atoms with Gasteiger partial charge < -0.3 is 15.4 Å². The third-order valence-electron chi connectivity index (χ3n) is 3.71. The van der Waals surface area contributed by atoms with E-state index in [4.69, 9.17) is 10.5 Å². The highest BCUT2D eigenvalue weighted by Crippen LogP contribution is 2.28. The molecule has 0 atom stereocenters. The molecule has 1 fully saturated rings. The number of nitrogen functional groups attached to an aromatic ring is 1. The van der Waals surface area contributed by atoms with Gasteiger partial charge in [-0.3, -0.25) is 4.79 Å². The van der Waals surface area contributed by atoms with Crippen molar-refractivity contribution in [2.24, 2.45) is 0 Å². The van der Waals surface area contributed by atoms with Crippen molar-refractivity contribution in [3.63, 3.8) is 0 Å². The molecule has 0 saturated carbocycles. The first kappa shape index (κ1) is 14.7. The number of nitrogens with zero attached hydrogens (tertiary/aromatic N) is 1. The van der Waals surface area contributed by atoms with E-state index in [2.05, 4.69) is 0 Å². The number of likely N-dealkylation sites (tertiary alicyclic amines) is 1. The number of nitrogens with two attached hydrogens (primary N) is 1. The van der Waals surface area contributed by atoms with Crippen LogP contribution in [0, 0.1) is 0 Å². The van der Waals surface area contributed by atoms with Gasteiger partial charge in [-0.05, 0) is 31.9 Å². The molecule has 0 aliphatic carbocycles. The Balaban J connectivity index is 2.20. The highest BCUT2D eigenvalue weighted by molar-refractivity contribution is 5.98. The highest BCUT2D eigenvalue weighted by Gasteiger charge is 2.21. The maximum Gasteiger partial charge on any atom is 0.257 e. The molecule has 1 aromatic carbocycles. The van der Waals surface area contributed by atoms with E-state index in [-0.39, 0.29) is 5.91 Å². The molecule has 1 heterocycles. The van der Waals surface area contributed by atoms with E-state index in [1.54, 1.807) is 6.07 Å². The van der Waals surface area contributed by atoms with Crippen molar-refractivity contribution in [1.82, 2.24) is 4.90 Å². The van der Waals surface area contributed by atoms with Crippen LogP contribution >= 0.6 is 0 Å². The first-order valence-electron chi connectivity index (χ1n) is 7.54. The lowest BCUT2D eigenvalue weighted by Crippen LogP contribution is -2.34. The molecule has 0 bridgehead atoms. The zero-order valence-electron chi connectivity index (χ0n) is 12.2. The molecule has 0 radical (unpaired) electrons. The molecule has 4 nitrogen and oxygen atoms in total. The number of carbonyl (C=O) groups excluding carboxylic acids is 1. The second kappa shape index (κ2) is 7.17. The van der Waals surface area contributed by atoms with Crippen molar-refractivity contribution in [1.29, 1.82) is 0 Å². The standard InChI is InChI=1S/C16H24N2O2/c1-2-20-15-13(9-8-10-14(15)17)16(19)18-11-6-4-3-5-7-12-18/h8-10H,2-7,11-12,17H2,1H3. The third-order valence-corrected chi connectivity index (χ3v) is 3.71. The number of carbonyl (C=O) groups is 1. The predicted molar refractivity (Wildman–Crippen MR) is 81.0 cm³/mol. The van der Waals surface area contributed by atoms with Crippen LogP contribution in [0.25, 0.3) is 0 Å². The molecule has 0 spiro atoms. The van der Waals surface area contributed by atoms with Gasteiger partial charge in [0.05, 0.1) is 17.9 Å². The van der Waals surface area contributed by atoms with Crippen molar-refractivity contribution in [2.45, 2.75) is 39.0 Å². The highest BCUT2D eigenvalue weighted by atomic mass is 16.5. The van der Waals surface area contributed by atoms with E-state index in [1.165, 1.54) is 19.3 Å². The van der Waals surface area contributed by atoms with E-state index in [0.717, 1.165) is 25.9 Å². The average Bonchev–Trinajstić information content (AvgIpc) is 2.40. The van der Waals surface area contributed by atoms with Gasteiger partial charge >= 0.3 is 0 Å². The zero-order chi connectivity index (χ0) is 14.4. The van der Waals surface area contributed by atoms with Crippen molar-refractivity contribution < 1.29 is 9.53 Å². The zero-order valence-corrected chi connectivity index (χ0v) is 12.2. The van der Waals surface area contributed by atoms with Crippen molar-refractivity contribution in [3.05, 3.63) is 23.8 Å². The van der Waals surface area contributed by atoms with Crippen molar-refractivity contribution in [2.75, 3.05) is 25.4 Å². The molecule has 2 rings (SSSR count). The number of anilines is 1. The summed E-state index contributed by atoms with van der Waals surface area (Å²) in [7, 11) is 0. The maximum absolute atomic E-state index is 12.7. The van der Waals surface area contributed by atoms with Crippen LogP contribution in [0.4, 0.5) is 5.69 Å². The monoisotopic (exact) mass is 276 g/mol.